The van der Waals surface area contributed by atoms with Crippen molar-refractivity contribution in [3.8, 4) is 0 Å². The molecule has 0 bridgehead atoms. The Morgan fingerprint density at radius 2 is 1.93 bits per heavy atom. The van der Waals surface area contributed by atoms with Crippen LogP contribution in [-0.2, 0) is 9.53 Å². The van der Waals surface area contributed by atoms with Crippen molar-refractivity contribution in [2.24, 2.45) is 5.92 Å². The zero-order chi connectivity index (χ0) is 11.3. The molecule has 2 heteroatoms. The van der Waals surface area contributed by atoms with Crippen LogP contribution in [0.4, 0.5) is 0 Å². The second-order valence-corrected chi connectivity index (χ2v) is 4.80. The highest BCUT2D eigenvalue weighted by molar-refractivity contribution is 5.87. The van der Waals surface area contributed by atoms with Crippen molar-refractivity contribution in [1.29, 1.82) is 0 Å². The van der Waals surface area contributed by atoms with Crippen LogP contribution in [0, 0.1) is 5.92 Å². The lowest BCUT2D eigenvalue weighted by atomic mass is 9.76. The van der Waals surface area contributed by atoms with Crippen molar-refractivity contribution < 1.29 is 9.53 Å². The first kappa shape index (κ1) is 12.7. The first-order chi connectivity index (χ1) is 7.14. The summed E-state index contributed by atoms with van der Waals surface area (Å²) in [7, 11) is 0. The molecule has 0 heterocycles. The van der Waals surface area contributed by atoms with Crippen LogP contribution in [0.3, 0.4) is 0 Å². The SMILES string of the molecule is CCCOC1(C(=O)CC)CCC(C)CC1. The summed E-state index contributed by atoms with van der Waals surface area (Å²) in [6.45, 7) is 7.02. The van der Waals surface area contributed by atoms with Crippen LogP contribution < -0.4 is 0 Å². The molecule has 0 N–H and O–H groups in total. The lowest BCUT2D eigenvalue weighted by Crippen LogP contribution is -2.44. The highest BCUT2D eigenvalue weighted by Crippen LogP contribution is 2.36. The van der Waals surface area contributed by atoms with Gasteiger partial charge in [-0.05, 0) is 38.0 Å². The van der Waals surface area contributed by atoms with Crippen LogP contribution in [0.1, 0.15) is 59.3 Å². The molecule has 0 saturated heterocycles. The van der Waals surface area contributed by atoms with Crippen LogP contribution >= 0.6 is 0 Å². The molecule has 88 valence electrons. The zero-order valence-electron chi connectivity index (χ0n) is 10.3. The molecule has 1 fully saturated rings. The molecule has 0 spiro atoms. The van der Waals surface area contributed by atoms with Gasteiger partial charge in [0.15, 0.2) is 5.78 Å². The molecule has 0 amide bonds. The third-order valence-corrected chi connectivity index (χ3v) is 3.49. The average molecular weight is 212 g/mol. The smallest absolute Gasteiger partial charge is 0.164 e. The maximum absolute atomic E-state index is 12.0. The van der Waals surface area contributed by atoms with E-state index in [4.69, 9.17) is 4.74 Å². The predicted octanol–water partition coefficient (Wildman–Crippen LogP) is 3.34. The third kappa shape index (κ3) is 3.04. The fraction of sp³-hybridized carbons (Fsp3) is 0.923. The summed E-state index contributed by atoms with van der Waals surface area (Å²) in [6, 6.07) is 0. The van der Waals surface area contributed by atoms with Gasteiger partial charge in [-0.15, -0.1) is 0 Å². The van der Waals surface area contributed by atoms with Crippen LogP contribution in [0.15, 0.2) is 0 Å². The van der Waals surface area contributed by atoms with Gasteiger partial charge >= 0.3 is 0 Å². The molecular formula is C13H24O2. The van der Waals surface area contributed by atoms with Crippen molar-refractivity contribution in [3.05, 3.63) is 0 Å². The molecule has 1 rings (SSSR count). The molecule has 0 radical (unpaired) electrons. The predicted molar refractivity (Wildman–Crippen MR) is 61.9 cm³/mol. The van der Waals surface area contributed by atoms with Crippen molar-refractivity contribution in [2.75, 3.05) is 6.61 Å². The Balaban J connectivity index is 2.64. The maximum Gasteiger partial charge on any atom is 0.164 e. The Hall–Kier alpha value is -0.370. The average Bonchev–Trinajstić information content (AvgIpc) is 2.28. The van der Waals surface area contributed by atoms with E-state index >= 15 is 0 Å². The van der Waals surface area contributed by atoms with Gasteiger partial charge in [-0.3, -0.25) is 4.79 Å². The van der Waals surface area contributed by atoms with E-state index in [1.165, 1.54) is 0 Å². The molecule has 1 saturated carbocycles. The molecule has 0 aromatic heterocycles. The minimum absolute atomic E-state index is 0.308. The van der Waals surface area contributed by atoms with Gasteiger partial charge in [-0.25, -0.2) is 0 Å². The molecule has 0 aliphatic heterocycles. The van der Waals surface area contributed by atoms with Crippen LogP contribution in [0.5, 0.6) is 0 Å². The lowest BCUT2D eigenvalue weighted by molar-refractivity contribution is -0.150. The van der Waals surface area contributed by atoms with Gasteiger partial charge in [0.2, 0.25) is 0 Å². The fourth-order valence-electron chi connectivity index (χ4n) is 2.35. The summed E-state index contributed by atoms with van der Waals surface area (Å²) in [5.41, 5.74) is -0.419. The lowest BCUT2D eigenvalue weighted by Gasteiger charge is -2.37. The molecule has 0 unspecified atom stereocenters. The van der Waals surface area contributed by atoms with Crippen molar-refractivity contribution in [3.63, 3.8) is 0 Å². The van der Waals surface area contributed by atoms with E-state index in [0.717, 1.165) is 44.6 Å². The van der Waals surface area contributed by atoms with Crippen molar-refractivity contribution >= 4 is 5.78 Å². The Bertz CT molecular complexity index is 197. The number of carbonyl (C=O) groups excluding carboxylic acids is 1. The van der Waals surface area contributed by atoms with Gasteiger partial charge in [0, 0.05) is 13.0 Å². The number of hydrogen-bond acceptors (Lipinski definition) is 2. The number of hydrogen-bond donors (Lipinski definition) is 0. The summed E-state index contributed by atoms with van der Waals surface area (Å²) in [5, 5.41) is 0. The Morgan fingerprint density at radius 1 is 1.33 bits per heavy atom. The highest BCUT2D eigenvalue weighted by atomic mass is 16.5. The van der Waals surface area contributed by atoms with E-state index in [9.17, 15) is 4.79 Å². The minimum Gasteiger partial charge on any atom is -0.367 e. The number of carbonyl (C=O) groups is 1. The summed E-state index contributed by atoms with van der Waals surface area (Å²) < 4.78 is 5.87. The number of Topliss-reactive ketones (excluding diaryl/α,β-unsaturated/α-hetero) is 1. The van der Waals surface area contributed by atoms with Crippen LogP contribution in [-0.4, -0.2) is 18.0 Å². The van der Waals surface area contributed by atoms with Crippen LogP contribution in [0.25, 0.3) is 0 Å². The summed E-state index contributed by atoms with van der Waals surface area (Å²) in [5.74, 6) is 1.07. The number of ether oxygens (including phenoxy) is 1. The van der Waals surface area contributed by atoms with Crippen molar-refractivity contribution in [1.82, 2.24) is 0 Å². The normalized spacial score (nSPS) is 31.5. The fourth-order valence-corrected chi connectivity index (χ4v) is 2.35. The summed E-state index contributed by atoms with van der Waals surface area (Å²) in [4.78, 5) is 12.0. The van der Waals surface area contributed by atoms with Crippen LogP contribution in [0.2, 0.25) is 0 Å². The van der Waals surface area contributed by atoms with Gasteiger partial charge in [0.25, 0.3) is 0 Å². The highest BCUT2D eigenvalue weighted by Gasteiger charge is 2.40. The van der Waals surface area contributed by atoms with Gasteiger partial charge in [-0.1, -0.05) is 20.8 Å². The molecule has 15 heavy (non-hydrogen) atoms. The van der Waals surface area contributed by atoms with E-state index in [1.54, 1.807) is 0 Å². The monoisotopic (exact) mass is 212 g/mol. The molecular weight excluding hydrogens is 188 g/mol. The third-order valence-electron chi connectivity index (χ3n) is 3.49. The Morgan fingerprint density at radius 3 is 2.40 bits per heavy atom. The molecule has 1 aliphatic rings. The minimum atomic E-state index is -0.419. The number of rotatable bonds is 5. The number of ketones is 1. The van der Waals surface area contributed by atoms with E-state index in [1.807, 2.05) is 6.92 Å². The van der Waals surface area contributed by atoms with Gasteiger partial charge in [0.05, 0.1) is 0 Å². The Kier molecular flexibility index (Phi) is 4.78. The van der Waals surface area contributed by atoms with E-state index in [-0.39, 0.29) is 0 Å². The van der Waals surface area contributed by atoms with E-state index < -0.39 is 5.60 Å². The first-order valence-corrected chi connectivity index (χ1v) is 6.32. The zero-order valence-corrected chi connectivity index (χ0v) is 10.3. The summed E-state index contributed by atoms with van der Waals surface area (Å²) >= 11 is 0. The van der Waals surface area contributed by atoms with E-state index in [0.29, 0.717) is 12.2 Å². The van der Waals surface area contributed by atoms with E-state index in [2.05, 4.69) is 13.8 Å². The standard InChI is InChI=1S/C13H24O2/c1-4-10-15-13(12(14)5-2)8-6-11(3)7-9-13/h11H,4-10H2,1-3H3. The quantitative estimate of drug-likeness (QED) is 0.698. The second kappa shape index (κ2) is 5.64. The first-order valence-electron chi connectivity index (χ1n) is 6.32. The molecule has 2 nitrogen and oxygen atoms in total. The molecule has 0 aromatic carbocycles. The van der Waals surface area contributed by atoms with Gasteiger partial charge in [-0.2, -0.15) is 0 Å². The Labute approximate surface area is 93.4 Å². The van der Waals surface area contributed by atoms with Crippen molar-refractivity contribution in [2.45, 2.75) is 64.9 Å². The molecule has 1 aliphatic carbocycles. The topological polar surface area (TPSA) is 26.3 Å². The maximum atomic E-state index is 12.0. The molecule has 0 atom stereocenters. The summed E-state index contributed by atoms with van der Waals surface area (Å²) in [6.07, 6.45) is 5.74. The van der Waals surface area contributed by atoms with Gasteiger partial charge in [0.1, 0.15) is 5.60 Å². The second-order valence-electron chi connectivity index (χ2n) is 4.80. The largest absolute Gasteiger partial charge is 0.367 e. The van der Waals surface area contributed by atoms with Gasteiger partial charge < -0.3 is 4.74 Å². The molecule has 0 aromatic rings.